The SMILES string of the molecule is CN(CC(F)F)CC(O)COc1ccccc1N. The highest BCUT2D eigenvalue weighted by atomic mass is 19.3. The van der Waals surface area contributed by atoms with Gasteiger partial charge in [-0.1, -0.05) is 12.1 Å². The fraction of sp³-hybridized carbons (Fsp3) is 0.500. The number of likely N-dealkylation sites (N-methyl/N-ethyl adjacent to an activating group) is 1. The van der Waals surface area contributed by atoms with Gasteiger partial charge in [0.05, 0.1) is 12.2 Å². The van der Waals surface area contributed by atoms with Crippen molar-refractivity contribution in [1.82, 2.24) is 4.90 Å². The lowest BCUT2D eigenvalue weighted by Gasteiger charge is -2.20. The van der Waals surface area contributed by atoms with Crippen LogP contribution in [0.15, 0.2) is 24.3 Å². The Morgan fingerprint density at radius 1 is 1.33 bits per heavy atom. The number of hydrogen-bond acceptors (Lipinski definition) is 4. The van der Waals surface area contributed by atoms with Gasteiger partial charge in [-0.25, -0.2) is 8.78 Å². The smallest absolute Gasteiger partial charge is 0.251 e. The number of hydrogen-bond donors (Lipinski definition) is 2. The summed E-state index contributed by atoms with van der Waals surface area (Å²) >= 11 is 0. The van der Waals surface area contributed by atoms with Crippen LogP contribution in [0.3, 0.4) is 0 Å². The third-order valence-corrected chi connectivity index (χ3v) is 2.32. The van der Waals surface area contributed by atoms with Crippen LogP contribution in [0.1, 0.15) is 0 Å². The number of halogens is 2. The molecule has 0 aliphatic rings. The molecule has 0 saturated heterocycles. The minimum atomic E-state index is -2.41. The van der Waals surface area contributed by atoms with Gasteiger partial charge < -0.3 is 15.6 Å². The number of para-hydroxylation sites is 2. The number of nitrogens with zero attached hydrogens (tertiary/aromatic N) is 1. The maximum absolute atomic E-state index is 12.1. The number of nitrogen functional groups attached to an aromatic ring is 1. The van der Waals surface area contributed by atoms with E-state index < -0.39 is 12.5 Å². The van der Waals surface area contributed by atoms with E-state index in [-0.39, 0.29) is 19.7 Å². The number of rotatable bonds is 7. The second kappa shape index (κ2) is 7.13. The molecule has 0 aliphatic carbocycles. The summed E-state index contributed by atoms with van der Waals surface area (Å²) in [6.07, 6.45) is -3.25. The highest BCUT2D eigenvalue weighted by Gasteiger charge is 2.13. The summed E-state index contributed by atoms with van der Waals surface area (Å²) in [4.78, 5) is 1.35. The molecule has 0 spiro atoms. The van der Waals surface area contributed by atoms with Gasteiger partial charge in [0.1, 0.15) is 18.5 Å². The van der Waals surface area contributed by atoms with E-state index in [2.05, 4.69) is 0 Å². The molecule has 4 nitrogen and oxygen atoms in total. The highest BCUT2D eigenvalue weighted by molar-refractivity contribution is 5.51. The first-order chi connectivity index (χ1) is 8.49. The zero-order chi connectivity index (χ0) is 13.5. The summed E-state index contributed by atoms with van der Waals surface area (Å²) < 4.78 is 29.5. The molecule has 1 aromatic rings. The van der Waals surface area contributed by atoms with E-state index in [0.717, 1.165) is 0 Å². The first-order valence-electron chi connectivity index (χ1n) is 5.61. The molecule has 0 aliphatic heterocycles. The second-order valence-electron chi connectivity index (χ2n) is 4.11. The number of benzene rings is 1. The van der Waals surface area contributed by atoms with E-state index in [1.54, 1.807) is 24.3 Å². The van der Waals surface area contributed by atoms with E-state index in [1.165, 1.54) is 11.9 Å². The van der Waals surface area contributed by atoms with Crippen LogP contribution in [0.2, 0.25) is 0 Å². The minimum Gasteiger partial charge on any atom is -0.489 e. The second-order valence-corrected chi connectivity index (χ2v) is 4.11. The third kappa shape index (κ3) is 5.29. The number of ether oxygens (including phenoxy) is 1. The molecule has 1 unspecified atom stereocenters. The molecule has 0 saturated carbocycles. The zero-order valence-corrected chi connectivity index (χ0v) is 10.2. The van der Waals surface area contributed by atoms with Crippen molar-refractivity contribution in [2.24, 2.45) is 0 Å². The number of aliphatic hydroxyl groups excluding tert-OH is 1. The molecule has 0 aromatic heterocycles. The molecular weight excluding hydrogens is 242 g/mol. The average Bonchev–Trinajstić information content (AvgIpc) is 2.26. The van der Waals surface area contributed by atoms with Crippen LogP contribution in [0.5, 0.6) is 5.75 Å². The number of alkyl halides is 2. The van der Waals surface area contributed by atoms with Gasteiger partial charge in [0, 0.05) is 6.54 Å². The maximum atomic E-state index is 12.1. The molecule has 6 heteroatoms. The molecule has 18 heavy (non-hydrogen) atoms. The van der Waals surface area contributed by atoms with Crippen LogP contribution in [0.25, 0.3) is 0 Å². The molecule has 0 radical (unpaired) electrons. The van der Waals surface area contributed by atoms with Gasteiger partial charge in [0.2, 0.25) is 0 Å². The zero-order valence-electron chi connectivity index (χ0n) is 10.2. The van der Waals surface area contributed by atoms with E-state index >= 15 is 0 Å². The normalized spacial score (nSPS) is 13.0. The Balaban J connectivity index is 2.33. The van der Waals surface area contributed by atoms with Crippen molar-refractivity contribution in [2.45, 2.75) is 12.5 Å². The topological polar surface area (TPSA) is 58.7 Å². The number of nitrogens with two attached hydrogens (primary N) is 1. The van der Waals surface area contributed by atoms with E-state index in [1.807, 2.05) is 0 Å². The third-order valence-electron chi connectivity index (χ3n) is 2.32. The van der Waals surface area contributed by atoms with Gasteiger partial charge in [0.25, 0.3) is 6.43 Å². The van der Waals surface area contributed by atoms with Crippen molar-refractivity contribution in [3.63, 3.8) is 0 Å². The quantitative estimate of drug-likeness (QED) is 0.723. The summed E-state index contributed by atoms with van der Waals surface area (Å²) in [6.45, 7) is -0.233. The van der Waals surface area contributed by atoms with Crippen molar-refractivity contribution in [1.29, 1.82) is 0 Å². The molecule has 0 amide bonds. The lowest BCUT2D eigenvalue weighted by molar-refractivity contribution is 0.0475. The van der Waals surface area contributed by atoms with Crippen molar-refractivity contribution in [3.05, 3.63) is 24.3 Å². The molecule has 0 bridgehead atoms. The van der Waals surface area contributed by atoms with Gasteiger partial charge in [0.15, 0.2) is 0 Å². The van der Waals surface area contributed by atoms with Crippen LogP contribution in [-0.4, -0.2) is 49.3 Å². The summed E-state index contributed by atoms with van der Waals surface area (Å²) in [5.74, 6) is 0.480. The largest absolute Gasteiger partial charge is 0.489 e. The molecule has 1 atom stereocenters. The lowest BCUT2D eigenvalue weighted by atomic mass is 10.3. The Morgan fingerprint density at radius 3 is 2.61 bits per heavy atom. The Kier molecular flexibility index (Phi) is 5.80. The number of aliphatic hydroxyl groups is 1. The summed E-state index contributed by atoms with van der Waals surface area (Å²) in [6, 6.07) is 6.91. The van der Waals surface area contributed by atoms with Gasteiger partial charge in [-0.05, 0) is 19.2 Å². The summed E-state index contributed by atoms with van der Waals surface area (Å²) in [5, 5.41) is 9.63. The lowest BCUT2D eigenvalue weighted by Crippen LogP contribution is -2.35. The number of anilines is 1. The Bertz CT molecular complexity index is 364. The molecule has 0 fully saturated rings. The molecular formula is C12H18F2N2O2. The van der Waals surface area contributed by atoms with Crippen LogP contribution in [-0.2, 0) is 0 Å². The molecule has 1 aromatic carbocycles. The van der Waals surface area contributed by atoms with Gasteiger partial charge in [-0.15, -0.1) is 0 Å². The monoisotopic (exact) mass is 260 g/mol. The first kappa shape index (κ1) is 14.7. The van der Waals surface area contributed by atoms with Gasteiger partial charge in [-0.3, -0.25) is 4.90 Å². The van der Waals surface area contributed by atoms with E-state index in [9.17, 15) is 13.9 Å². The van der Waals surface area contributed by atoms with Crippen LogP contribution >= 0.6 is 0 Å². The first-order valence-corrected chi connectivity index (χ1v) is 5.61. The molecule has 1 rings (SSSR count). The highest BCUT2D eigenvalue weighted by Crippen LogP contribution is 2.19. The molecule has 3 N–H and O–H groups in total. The fourth-order valence-electron chi connectivity index (χ4n) is 1.52. The fourth-order valence-corrected chi connectivity index (χ4v) is 1.52. The Hall–Kier alpha value is -1.40. The Morgan fingerprint density at radius 2 is 2.00 bits per heavy atom. The summed E-state index contributed by atoms with van der Waals surface area (Å²) in [7, 11) is 1.52. The summed E-state index contributed by atoms with van der Waals surface area (Å²) in [5.41, 5.74) is 6.14. The predicted octanol–water partition coefficient (Wildman–Crippen LogP) is 1.21. The van der Waals surface area contributed by atoms with E-state index in [4.69, 9.17) is 10.5 Å². The van der Waals surface area contributed by atoms with Crippen LogP contribution in [0, 0.1) is 0 Å². The average molecular weight is 260 g/mol. The van der Waals surface area contributed by atoms with Crippen LogP contribution < -0.4 is 10.5 Å². The Labute approximate surface area is 105 Å². The van der Waals surface area contributed by atoms with Gasteiger partial charge >= 0.3 is 0 Å². The predicted molar refractivity (Wildman–Crippen MR) is 65.9 cm³/mol. The van der Waals surface area contributed by atoms with Crippen LogP contribution in [0.4, 0.5) is 14.5 Å². The van der Waals surface area contributed by atoms with E-state index in [0.29, 0.717) is 11.4 Å². The van der Waals surface area contributed by atoms with Gasteiger partial charge in [-0.2, -0.15) is 0 Å². The van der Waals surface area contributed by atoms with Crippen molar-refractivity contribution in [2.75, 3.05) is 32.5 Å². The van der Waals surface area contributed by atoms with Crippen molar-refractivity contribution < 1.29 is 18.6 Å². The standard InChI is InChI=1S/C12H18F2N2O2/c1-16(7-12(13)14)6-9(17)8-18-11-5-3-2-4-10(11)15/h2-5,9,12,17H,6-8,15H2,1H3. The van der Waals surface area contributed by atoms with Crippen molar-refractivity contribution >= 4 is 5.69 Å². The minimum absolute atomic E-state index is 0.0157. The maximum Gasteiger partial charge on any atom is 0.251 e. The molecule has 102 valence electrons. The molecule has 0 heterocycles. The van der Waals surface area contributed by atoms with Crippen molar-refractivity contribution in [3.8, 4) is 5.75 Å².